The Bertz CT molecular complexity index is 1210. The van der Waals surface area contributed by atoms with E-state index < -0.39 is 0 Å². The molecular formula is C21H15Cl3N2O2+2. The normalized spacial score (nSPS) is 11.1. The van der Waals surface area contributed by atoms with Gasteiger partial charge in [-0.05, 0) is 28.8 Å². The predicted octanol–water partition coefficient (Wildman–Crippen LogP) is 4.82. The number of hydrogen-bond acceptors (Lipinski definition) is 2. The predicted molar refractivity (Wildman–Crippen MR) is 110 cm³/mol. The van der Waals surface area contributed by atoms with Crippen molar-refractivity contribution in [2.75, 3.05) is 0 Å². The monoisotopic (exact) mass is 432 g/mol. The molecule has 0 radical (unpaired) electrons. The maximum atomic E-state index is 11.1. The van der Waals surface area contributed by atoms with E-state index in [9.17, 15) is 10.2 Å². The van der Waals surface area contributed by atoms with Crippen molar-refractivity contribution in [1.82, 2.24) is 0 Å². The van der Waals surface area contributed by atoms with Gasteiger partial charge in [-0.15, -0.1) is 0 Å². The molecule has 4 aromatic rings. The molecule has 0 aliphatic rings. The van der Waals surface area contributed by atoms with Gasteiger partial charge < -0.3 is 10.2 Å². The number of halogens is 3. The Morgan fingerprint density at radius 2 is 1.57 bits per heavy atom. The minimum atomic E-state index is -0.158. The van der Waals surface area contributed by atoms with E-state index in [0.717, 1.165) is 5.56 Å². The van der Waals surface area contributed by atoms with Crippen molar-refractivity contribution >= 4 is 45.7 Å². The lowest BCUT2D eigenvalue weighted by molar-refractivity contribution is -0.776. The summed E-state index contributed by atoms with van der Waals surface area (Å²) in [6, 6.07) is 19.4. The summed E-state index contributed by atoms with van der Waals surface area (Å²) in [5.74, 6) is -0.103. The second-order valence-electron chi connectivity index (χ2n) is 6.29. The molecule has 0 saturated carbocycles. The van der Waals surface area contributed by atoms with Crippen molar-refractivity contribution < 1.29 is 19.3 Å². The third kappa shape index (κ3) is 3.35. The van der Waals surface area contributed by atoms with Gasteiger partial charge in [0.2, 0.25) is 11.2 Å². The van der Waals surface area contributed by atoms with Crippen molar-refractivity contribution in [3.8, 4) is 17.6 Å². The molecule has 4 rings (SSSR count). The Morgan fingerprint density at radius 1 is 0.786 bits per heavy atom. The van der Waals surface area contributed by atoms with Crippen LogP contribution in [0.1, 0.15) is 5.56 Å². The Labute approximate surface area is 176 Å². The fraction of sp³-hybridized carbons (Fsp3) is 0.0476. The molecule has 0 fully saturated rings. The van der Waals surface area contributed by atoms with Crippen LogP contribution in [0.3, 0.4) is 0 Å². The highest BCUT2D eigenvalue weighted by molar-refractivity contribution is 6.42. The molecule has 0 amide bonds. The number of aromatic hydroxyl groups is 2. The third-order valence-corrected chi connectivity index (χ3v) is 5.45. The number of hydrogen-bond donors (Lipinski definition) is 2. The van der Waals surface area contributed by atoms with Gasteiger partial charge in [-0.25, -0.2) is 0 Å². The van der Waals surface area contributed by atoms with Crippen molar-refractivity contribution in [3.63, 3.8) is 0 Å². The summed E-state index contributed by atoms with van der Waals surface area (Å²) in [6.45, 7) is 0.356. The largest absolute Gasteiger partial charge is 0.638 e. The lowest BCUT2D eigenvalue weighted by Crippen LogP contribution is -2.47. The maximum Gasteiger partial charge on any atom is 0.638 e. The standard InChI is InChI=1S/C21H13Cl3N2O2/c22-14-5-3-4-13(10-14)12-25-19-7-2-1-6-16(19)20(27)26(21(25)28)15-8-9-17(23)18(24)11-15/h1-11H,12H2/p+2. The summed E-state index contributed by atoms with van der Waals surface area (Å²) in [4.78, 5) is 0. The van der Waals surface area contributed by atoms with E-state index >= 15 is 0 Å². The van der Waals surface area contributed by atoms with E-state index in [-0.39, 0.29) is 11.9 Å². The molecule has 0 atom stereocenters. The summed E-state index contributed by atoms with van der Waals surface area (Å²) >= 11 is 18.3. The first kappa shape index (κ1) is 18.8. The minimum absolute atomic E-state index is 0.103. The van der Waals surface area contributed by atoms with Gasteiger partial charge in [-0.3, -0.25) is 0 Å². The van der Waals surface area contributed by atoms with Gasteiger partial charge >= 0.3 is 11.9 Å². The summed E-state index contributed by atoms with van der Waals surface area (Å²) in [7, 11) is 0. The van der Waals surface area contributed by atoms with Crippen LogP contribution in [0.5, 0.6) is 11.9 Å². The summed E-state index contributed by atoms with van der Waals surface area (Å²) in [5.41, 5.74) is 2.06. The highest BCUT2D eigenvalue weighted by atomic mass is 35.5. The number of fused-ring (bicyclic) bond motifs is 1. The molecule has 1 aromatic heterocycles. The summed E-state index contributed by atoms with van der Waals surface area (Å²) < 4.78 is 3.03. The van der Waals surface area contributed by atoms with Crippen LogP contribution in [0.15, 0.2) is 66.7 Å². The summed E-state index contributed by atoms with van der Waals surface area (Å²) in [6.07, 6.45) is 0. The molecule has 140 valence electrons. The van der Waals surface area contributed by atoms with Crippen LogP contribution in [0.4, 0.5) is 0 Å². The highest BCUT2D eigenvalue weighted by Crippen LogP contribution is 2.27. The summed E-state index contributed by atoms with van der Waals surface area (Å²) in [5, 5.41) is 23.8. The third-order valence-electron chi connectivity index (χ3n) is 4.48. The zero-order valence-electron chi connectivity index (χ0n) is 14.5. The molecule has 0 bridgehead atoms. The molecule has 3 aromatic carbocycles. The highest BCUT2D eigenvalue weighted by Gasteiger charge is 2.35. The Kier molecular flexibility index (Phi) is 5.02. The van der Waals surface area contributed by atoms with Crippen LogP contribution in [0, 0.1) is 0 Å². The van der Waals surface area contributed by atoms with Gasteiger partial charge in [0.05, 0.1) is 10.0 Å². The Morgan fingerprint density at radius 3 is 2.32 bits per heavy atom. The average Bonchev–Trinajstić information content (AvgIpc) is 2.68. The average molecular weight is 434 g/mol. The number of aromatic nitrogens is 2. The van der Waals surface area contributed by atoms with E-state index in [1.54, 1.807) is 34.9 Å². The van der Waals surface area contributed by atoms with Gasteiger partial charge in [-0.1, -0.05) is 63.6 Å². The smallest absolute Gasteiger partial charge is 0.459 e. The lowest BCUT2D eigenvalue weighted by Gasteiger charge is -2.06. The topological polar surface area (TPSA) is 48.2 Å². The van der Waals surface area contributed by atoms with E-state index in [1.807, 2.05) is 36.4 Å². The van der Waals surface area contributed by atoms with E-state index in [1.165, 1.54) is 4.57 Å². The Balaban J connectivity index is 1.99. The molecule has 0 aliphatic carbocycles. The first-order valence-corrected chi connectivity index (χ1v) is 9.57. The zero-order valence-corrected chi connectivity index (χ0v) is 16.7. The minimum Gasteiger partial charge on any atom is -0.459 e. The molecule has 0 spiro atoms. The van der Waals surface area contributed by atoms with Gasteiger partial charge in [0.1, 0.15) is 0 Å². The lowest BCUT2D eigenvalue weighted by atomic mass is 10.2. The van der Waals surface area contributed by atoms with Crippen LogP contribution in [0.25, 0.3) is 16.6 Å². The first-order chi connectivity index (χ1) is 13.5. The van der Waals surface area contributed by atoms with Crippen molar-refractivity contribution in [1.29, 1.82) is 0 Å². The second-order valence-corrected chi connectivity index (χ2v) is 7.54. The molecule has 2 N–H and O–H groups in total. The molecular weight excluding hydrogens is 419 g/mol. The molecule has 1 heterocycles. The quantitative estimate of drug-likeness (QED) is 0.455. The van der Waals surface area contributed by atoms with E-state index in [0.29, 0.717) is 38.2 Å². The Hall–Kier alpha value is -2.53. The molecule has 0 aliphatic heterocycles. The van der Waals surface area contributed by atoms with Gasteiger partial charge in [0, 0.05) is 28.8 Å². The van der Waals surface area contributed by atoms with Crippen LogP contribution in [0.2, 0.25) is 15.1 Å². The second kappa shape index (κ2) is 7.47. The van der Waals surface area contributed by atoms with Gasteiger partial charge in [-0.2, -0.15) is 0 Å². The van der Waals surface area contributed by atoms with Crippen molar-refractivity contribution in [3.05, 3.63) is 87.4 Å². The number of benzene rings is 3. The van der Waals surface area contributed by atoms with Crippen molar-refractivity contribution in [2.45, 2.75) is 6.54 Å². The van der Waals surface area contributed by atoms with Crippen LogP contribution < -0.4 is 9.13 Å². The fourth-order valence-electron chi connectivity index (χ4n) is 3.18. The molecule has 0 saturated heterocycles. The SMILES string of the molecule is Oc1c2ccccc2[n+](Cc2cccc(Cl)c2)c(O)[n+]1-c1ccc(Cl)c(Cl)c1. The maximum absolute atomic E-state index is 11.1. The van der Waals surface area contributed by atoms with E-state index in [4.69, 9.17) is 34.8 Å². The zero-order chi connectivity index (χ0) is 19.8. The molecule has 7 heteroatoms. The number of para-hydroxylation sites is 1. The van der Waals surface area contributed by atoms with Crippen molar-refractivity contribution in [2.24, 2.45) is 0 Å². The van der Waals surface area contributed by atoms with Gasteiger partial charge in [0.15, 0.2) is 11.9 Å². The van der Waals surface area contributed by atoms with Gasteiger partial charge in [0.25, 0.3) is 0 Å². The van der Waals surface area contributed by atoms with Crippen LogP contribution >= 0.6 is 34.8 Å². The molecule has 4 nitrogen and oxygen atoms in total. The molecule has 0 unspecified atom stereocenters. The van der Waals surface area contributed by atoms with Crippen LogP contribution in [-0.4, -0.2) is 10.2 Å². The van der Waals surface area contributed by atoms with Crippen LogP contribution in [-0.2, 0) is 6.54 Å². The fourth-order valence-corrected chi connectivity index (χ4v) is 3.68. The molecule has 28 heavy (non-hydrogen) atoms. The first-order valence-electron chi connectivity index (χ1n) is 8.44. The number of rotatable bonds is 3. The number of nitrogens with zero attached hydrogens (tertiary/aromatic N) is 2. The van der Waals surface area contributed by atoms with E-state index in [2.05, 4.69) is 0 Å².